The molecule has 1 aliphatic rings. The third-order valence-corrected chi connectivity index (χ3v) is 3.78. The molecule has 2 unspecified atom stereocenters. The van der Waals surface area contributed by atoms with Gasteiger partial charge in [0, 0.05) is 0 Å². The molecule has 5 heteroatoms. The van der Waals surface area contributed by atoms with Crippen LogP contribution in [0.25, 0.3) is 0 Å². The van der Waals surface area contributed by atoms with Crippen molar-refractivity contribution in [3.63, 3.8) is 0 Å². The van der Waals surface area contributed by atoms with Gasteiger partial charge in [-0.3, -0.25) is 4.79 Å². The summed E-state index contributed by atoms with van der Waals surface area (Å²) in [7, 11) is 0. The molecule has 1 amide bonds. The molecule has 0 spiro atoms. The summed E-state index contributed by atoms with van der Waals surface area (Å²) in [5.41, 5.74) is 0.645. The highest BCUT2D eigenvalue weighted by atomic mass is 32.2. The van der Waals surface area contributed by atoms with Crippen LogP contribution >= 0.6 is 11.8 Å². The molecule has 17 heavy (non-hydrogen) atoms. The van der Waals surface area contributed by atoms with Crippen LogP contribution in [0, 0.1) is 0 Å². The number of carbonyl (C=O) groups excluding carboxylic acids is 1. The van der Waals surface area contributed by atoms with E-state index < -0.39 is 12.0 Å². The number of amides is 1. The molecular formula is C12H13NO3S. The molecule has 1 aliphatic heterocycles. The standard InChI is InChI=1S/C12H13NO3S/c1-17-10-7-9(14)13(10)11(12(15)16)8-5-3-2-4-6-8/h2-6,10-11H,7H2,1H3,(H,15,16). The van der Waals surface area contributed by atoms with Crippen LogP contribution in [0.1, 0.15) is 18.0 Å². The lowest BCUT2D eigenvalue weighted by Gasteiger charge is -2.43. The first-order chi connectivity index (χ1) is 8.15. The van der Waals surface area contributed by atoms with E-state index in [1.807, 2.05) is 12.3 Å². The first-order valence-corrected chi connectivity index (χ1v) is 6.55. The molecule has 1 saturated heterocycles. The maximum atomic E-state index is 11.6. The number of aliphatic carboxylic acids is 1. The highest BCUT2D eigenvalue weighted by molar-refractivity contribution is 7.99. The molecule has 90 valence electrons. The van der Waals surface area contributed by atoms with Gasteiger partial charge in [0.1, 0.15) is 0 Å². The van der Waals surface area contributed by atoms with Gasteiger partial charge in [0.15, 0.2) is 6.04 Å². The van der Waals surface area contributed by atoms with Gasteiger partial charge in [-0.2, -0.15) is 0 Å². The van der Waals surface area contributed by atoms with E-state index in [1.54, 1.807) is 24.3 Å². The van der Waals surface area contributed by atoms with Crippen LogP contribution < -0.4 is 0 Å². The summed E-state index contributed by atoms with van der Waals surface area (Å²) < 4.78 is 0. The average Bonchev–Trinajstić information content (AvgIpc) is 2.33. The average molecular weight is 251 g/mol. The number of carboxylic acid groups (broad SMARTS) is 1. The van der Waals surface area contributed by atoms with E-state index in [0.29, 0.717) is 12.0 Å². The Bertz CT molecular complexity index is 435. The molecule has 0 aliphatic carbocycles. The summed E-state index contributed by atoms with van der Waals surface area (Å²) in [5, 5.41) is 9.27. The number of likely N-dealkylation sites (tertiary alicyclic amines) is 1. The van der Waals surface area contributed by atoms with Gasteiger partial charge >= 0.3 is 5.97 Å². The van der Waals surface area contributed by atoms with Crippen molar-refractivity contribution in [3.05, 3.63) is 35.9 Å². The second-order valence-electron chi connectivity index (χ2n) is 3.85. The maximum Gasteiger partial charge on any atom is 0.331 e. The van der Waals surface area contributed by atoms with E-state index in [1.165, 1.54) is 16.7 Å². The molecule has 0 bridgehead atoms. The molecule has 1 aromatic carbocycles. The van der Waals surface area contributed by atoms with Gasteiger partial charge in [0.2, 0.25) is 5.91 Å². The number of β-lactam (4-membered cyclic amide) rings is 1. The lowest BCUT2D eigenvalue weighted by atomic mass is 10.0. The van der Waals surface area contributed by atoms with Crippen LogP contribution in [0.4, 0.5) is 0 Å². The number of nitrogens with zero attached hydrogens (tertiary/aromatic N) is 1. The molecule has 2 rings (SSSR count). The molecule has 1 heterocycles. The predicted octanol–water partition coefficient (Wildman–Crippen LogP) is 1.73. The van der Waals surface area contributed by atoms with Gasteiger partial charge in [-0.15, -0.1) is 11.8 Å². The molecule has 0 saturated carbocycles. The second kappa shape index (κ2) is 4.79. The van der Waals surface area contributed by atoms with Crippen molar-refractivity contribution in [2.45, 2.75) is 17.8 Å². The zero-order chi connectivity index (χ0) is 12.4. The summed E-state index contributed by atoms with van der Waals surface area (Å²) in [5.74, 6) is -1.08. The highest BCUT2D eigenvalue weighted by Gasteiger charge is 2.44. The summed E-state index contributed by atoms with van der Waals surface area (Å²) in [6, 6.07) is 8.00. The molecule has 0 aromatic heterocycles. The van der Waals surface area contributed by atoms with Crippen LogP contribution in [-0.4, -0.2) is 33.5 Å². The largest absolute Gasteiger partial charge is 0.479 e. The quantitative estimate of drug-likeness (QED) is 0.828. The Morgan fingerprint density at radius 1 is 1.47 bits per heavy atom. The third-order valence-electron chi connectivity index (χ3n) is 2.85. The monoisotopic (exact) mass is 251 g/mol. The first kappa shape index (κ1) is 12.0. The molecule has 1 N–H and O–H groups in total. The molecule has 1 aromatic rings. The first-order valence-electron chi connectivity index (χ1n) is 5.27. The number of hydrogen-bond donors (Lipinski definition) is 1. The van der Waals surface area contributed by atoms with Gasteiger partial charge in [-0.25, -0.2) is 4.79 Å². The fraction of sp³-hybridized carbons (Fsp3) is 0.333. The van der Waals surface area contributed by atoms with Gasteiger partial charge < -0.3 is 10.0 Å². The fourth-order valence-electron chi connectivity index (χ4n) is 1.97. The van der Waals surface area contributed by atoms with Gasteiger partial charge in [0.05, 0.1) is 11.8 Å². The third kappa shape index (κ3) is 2.15. The van der Waals surface area contributed by atoms with Crippen LogP contribution in [0.15, 0.2) is 30.3 Å². The van der Waals surface area contributed by atoms with Gasteiger partial charge in [-0.05, 0) is 11.8 Å². The Labute approximate surface area is 104 Å². The van der Waals surface area contributed by atoms with Crippen LogP contribution in [0.3, 0.4) is 0 Å². The van der Waals surface area contributed by atoms with Crippen LogP contribution in [-0.2, 0) is 9.59 Å². The number of hydrogen-bond acceptors (Lipinski definition) is 3. The number of carbonyl (C=O) groups is 2. The van der Waals surface area contributed by atoms with Crippen molar-refractivity contribution >= 4 is 23.6 Å². The Morgan fingerprint density at radius 2 is 2.12 bits per heavy atom. The molecule has 0 radical (unpaired) electrons. The van der Waals surface area contributed by atoms with Crippen LogP contribution in [0.5, 0.6) is 0 Å². The molecular weight excluding hydrogens is 238 g/mol. The van der Waals surface area contributed by atoms with E-state index in [2.05, 4.69) is 0 Å². The number of carboxylic acids is 1. The Balaban J connectivity index is 2.30. The van der Waals surface area contributed by atoms with Crippen LogP contribution in [0.2, 0.25) is 0 Å². The summed E-state index contributed by atoms with van der Waals surface area (Å²) in [4.78, 5) is 24.4. The minimum atomic E-state index is -0.983. The van der Waals surface area contributed by atoms with Crippen molar-refractivity contribution in [1.29, 1.82) is 0 Å². The van der Waals surface area contributed by atoms with Gasteiger partial charge in [0.25, 0.3) is 0 Å². The summed E-state index contributed by atoms with van der Waals surface area (Å²) in [6.45, 7) is 0. The fourth-order valence-corrected chi connectivity index (χ4v) is 2.74. The number of benzene rings is 1. The van der Waals surface area contributed by atoms with E-state index >= 15 is 0 Å². The maximum absolute atomic E-state index is 11.6. The zero-order valence-corrected chi connectivity index (χ0v) is 10.2. The SMILES string of the molecule is CSC1CC(=O)N1C(C(=O)O)c1ccccc1. The van der Waals surface area contributed by atoms with Crippen molar-refractivity contribution in [2.24, 2.45) is 0 Å². The highest BCUT2D eigenvalue weighted by Crippen LogP contribution is 2.36. The molecule has 2 atom stereocenters. The predicted molar refractivity (Wildman–Crippen MR) is 65.6 cm³/mol. The smallest absolute Gasteiger partial charge is 0.331 e. The second-order valence-corrected chi connectivity index (χ2v) is 4.86. The minimum absolute atomic E-state index is 0.0243. The van der Waals surface area contributed by atoms with Gasteiger partial charge in [-0.1, -0.05) is 30.3 Å². The topological polar surface area (TPSA) is 57.6 Å². The lowest BCUT2D eigenvalue weighted by Crippen LogP contribution is -2.54. The Morgan fingerprint density at radius 3 is 2.59 bits per heavy atom. The lowest BCUT2D eigenvalue weighted by molar-refractivity contribution is -0.158. The van der Waals surface area contributed by atoms with E-state index in [0.717, 1.165) is 0 Å². The summed E-state index contributed by atoms with van der Waals surface area (Å²) in [6.07, 6.45) is 2.31. The minimum Gasteiger partial charge on any atom is -0.479 e. The molecule has 4 nitrogen and oxygen atoms in total. The Kier molecular flexibility index (Phi) is 3.38. The Hall–Kier alpha value is -1.49. The summed E-state index contributed by atoms with van der Waals surface area (Å²) >= 11 is 1.51. The van der Waals surface area contributed by atoms with E-state index in [9.17, 15) is 14.7 Å². The van der Waals surface area contributed by atoms with E-state index in [4.69, 9.17) is 0 Å². The van der Waals surface area contributed by atoms with Crippen molar-refractivity contribution < 1.29 is 14.7 Å². The molecule has 1 fully saturated rings. The zero-order valence-electron chi connectivity index (χ0n) is 9.37. The van der Waals surface area contributed by atoms with Crippen molar-refractivity contribution in [2.75, 3.05) is 6.26 Å². The van der Waals surface area contributed by atoms with Crippen molar-refractivity contribution in [1.82, 2.24) is 4.90 Å². The normalized spacial score (nSPS) is 20.9. The van der Waals surface area contributed by atoms with E-state index in [-0.39, 0.29) is 11.3 Å². The van der Waals surface area contributed by atoms with Crippen molar-refractivity contribution in [3.8, 4) is 0 Å². The number of thioether (sulfide) groups is 1. The number of rotatable bonds is 4.